The molecule has 0 spiro atoms. The van der Waals surface area contributed by atoms with E-state index in [1.54, 1.807) is 0 Å². The lowest BCUT2D eigenvalue weighted by Crippen LogP contribution is -2.19. The minimum Gasteiger partial charge on any atom is -0.469 e. The first-order valence-electron chi connectivity index (χ1n) is 3.94. The van der Waals surface area contributed by atoms with E-state index in [0.29, 0.717) is 0 Å². The highest BCUT2D eigenvalue weighted by molar-refractivity contribution is 5.71. The van der Waals surface area contributed by atoms with Gasteiger partial charge in [-0.25, -0.2) is 0 Å². The number of methoxy groups -OCH3 is 1. The molecule has 1 unspecified atom stereocenters. The average molecular weight is 158 g/mol. The maximum absolute atomic E-state index is 11.0. The molecule has 0 saturated carbocycles. The number of carbonyl (C=O) groups is 1. The van der Waals surface area contributed by atoms with Crippen molar-refractivity contribution in [2.24, 2.45) is 11.3 Å². The first-order valence-corrected chi connectivity index (χ1v) is 3.94. The van der Waals surface area contributed by atoms with Crippen molar-refractivity contribution in [2.45, 2.75) is 34.1 Å². The van der Waals surface area contributed by atoms with Gasteiger partial charge >= 0.3 is 5.97 Å². The zero-order valence-electron chi connectivity index (χ0n) is 8.10. The molecule has 0 saturated heterocycles. The second kappa shape index (κ2) is 3.74. The standard InChI is InChI=1S/C9H18O2/c1-7(8(10)11-5)6-9(2,3)4/h7H,6H2,1-5H3. The number of esters is 1. The van der Waals surface area contributed by atoms with Gasteiger partial charge in [-0.15, -0.1) is 0 Å². The van der Waals surface area contributed by atoms with Crippen LogP contribution in [0.15, 0.2) is 0 Å². The summed E-state index contributed by atoms with van der Waals surface area (Å²) < 4.78 is 4.62. The van der Waals surface area contributed by atoms with E-state index in [2.05, 4.69) is 25.5 Å². The van der Waals surface area contributed by atoms with Crippen LogP contribution < -0.4 is 0 Å². The molecular weight excluding hydrogens is 140 g/mol. The van der Waals surface area contributed by atoms with Crippen molar-refractivity contribution in [3.05, 3.63) is 0 Å². The average Bonchev–Trinajstić information content (AvgIpc) is 1.82. The van der Waals surface area contributed by atoms with Crippen LogP contribution in [-0.2, 0) is 9.53 Å². The molecule has 0 aliphatic heterocycles. The van der Waals surface area contributed by atoms with E-state index < -0.39 is 0 Å². The Kier molecular flexibility index (Phi) is 3.56. The number of hydrogen-bond acceptors (Lipinski definition) is 2. The van der Waals surface area contributed by atoms with E-state index in [1.807, 2.05) is 6.92 Å². The predicted molar refractivity (Wildman–Crippen MR) is 45.3 cm³/mol. The summed E-state index contributed by atoms with van der Waals surface area (Å²) in [4.78, 5) is 11.0. The highest BCUT2D eigenvalue weighted by Crippen LogP contribution is 2.24. The summed E-state index contributed by atoms with van der Waals surface area (Å²) in [5, 5.41) is 0. The fourth-order valence-corrected chi connectivity index (χ4v) is 1.20. The molecule has 2 heteroatoms. The normalized spacial score (nSPS) is 14.3. The van der Waals surface area contributed by atoms with Gasteiger partial charge in [0.1, 0.15) is 0 Å². The van der Waals surface area contributed by atoms with E-state index in [9.17, 15) is 4.79 Å². The molecule has 0 amide bonds. The monoisotopic (exact) mass is 158 g/mol. The van der Waals surface area contributed by atoms with Gasteiger partial charge in [0, 0.05) is 0 Å². The van der Waals surface area contributed by atoms with Crippen LogP contribution >= 0.6 is 0 Å². The molecule has 0 radical (unpaired) electrons. The maximum atomic E-state index is 11.0. The van der Waals surface area contributed by atoms with Crippen LogP contribution in [0.2, 0.25) is 0 Å². The molecule has 0 aliphatic rings. The van der Waals surface area contributed by atoms with Gasteiger partial charge in [-0.2, -0.15) is 0 Å². The van der Waals surface area contributed by atoms with Gasteiger partial charge in [0.2, 0.25) is 0 Å². The third kappa shape index (κ3) is 4.82. The van der Waals surface area contributed by atoms with Gasteiger partial charge in [0.15, 0.2) is 0 Å². The highest BCUT2D eigenvalue weighted by atomic mass is 16.5. The van der Waals surface area contributed by atoms with Gasteiger partial charge in [-0.3, -0.25) is 4.79 Å². The summed E-state index contributed by atoms with van der Waals surface area (Å²) in [6.45, 7) is 8.25. The molecule has 11 heavy (non-hydrogen) atoms. The van der Waals surface area contributed by atoms with E-state index >= 15 is 0 Å². The van der Waals surface area contributed by atoms with Crippen LogP contribution in [0.5, 0.6) is 0 Å². The molecular formula is C9H18O2. The Labute approximate surface area is 68.9 Å². The second-order valence-electron chi connectivity index (χ2n) is 4.19. The van der Waals surface area contributed by atoms with Crippen molar-refractivity contribution in [3.63, 3.8) is 0 Å². The van der Waals surface area contributed by atoms with Crippen LogP contribution in [0, 0.1) is 11.3 Å². The Morgan fingerprint density at radius 3 is 2.18 bits per heavy atom. The number of hydrogen-bond donors (Lipinski definition) is 0. The predicted octanol–water partition coefficient (Wildman–Crippen LogP) is 2.23. The van der Waals surface area contributed by atoms with Gasteiger partial charge in [0.05, 0.1) is 13.0 Å². The van der Waals surface area contributed by atoms with Crippen molar-refractivity contribution >= 4 is 5.97 Å². The molecule has 0 aromatic heterocycles. The van der Waals surface area contributed by atoms with Crippen LogP contribution in [0.1, 0.15) is 34.1 Å². The Bertz CT molecular complexity index is 133. The van der Waals surface area contributed by atoms with E-state index in [4.69, 9.17) is 0 Å². The summed E-state index contributed by atoms with van der Waals surface area (Å²) in [5.74, 6) is -0.0973. The van der Waals surface area contributed by atoms with Crippen LogP contribution in [-0.4, -0.2) is 13.1 Å². The molecule has 0 fully saturated rings. The van der Waals surface area contributed by atoms with E-state index in [0.717, 1.165) is 6.42 Å². The molecule has 0 aliphatic carbocycles. The van der Waals surface area contributed by atoms with Crippen LogP contribution in [0.4, 0.5) is 0 Å². The van der Waals surface area contributed by atoms with E-state index in [-0.39, 0.29) is 17.3 Å². The summed E-state index contributed by atoms with van der Waals surface area (Å²) >= 11 is 0. The molecule has 0 N–H and O–H groups in total. The Hall–Kier alpha value is -0.530. The van der Waals surface area contributed by atoms with Crippen molar-refractivity contribution in [1.82, 2.24) is 0 Å². The van der Waals surface area contributed by atoms with Gasteiger partial charge in [0.25, 0.3) is 0 Å². The van der Waals surface area contributed by atoms with Gasteiger partial charge in [-0.1, -0.05) is 27.7 Å². The van der Waals surface area contributed by atoms with Crippen molar-refractivity contribution < 1.29 is 9.53 Å². The first-order chi connectivity index (χ1) is 4.87. The summed E-state index contributed by atoms with van der Waals surface area (Å²) in [7, 11) is 1.43. The highest BCUT2D eigenvalue weighted by Gasteiger charge is 2.20. The third-order valence-electron chi connectivity index (χ3n) is 1.52. The lowest BCUT2D eigenvalue weighted by atomic mass is 9.85. The molecule has 66 valence electrons. The van der Waals surface area contributed by atoms with E-state index in [1.165, 1.54) is 7.11 Å². The van der Waals surface area contributed by atoms with Gasteiger partial charge in [-0.05, 0) is 11.8 Å². The van der Waals surface area contributed by atoms with Crippen molar-refractivity contribution in [1.29, 1.82) is 0 Å². The molecule has 1 atom stereocenters. The lowest BCUT2D eigenvalue weighted by Gasteiger charge is -2.21. The number of rotatable bonds is 2. The SMILES string of the molecule is COC(=O)C(C)CC(C)(C)C. The maximum Gasteiger partial charge on any atom is 0.308 e. The smallest absolute Gasteiger partial charge is 0.308 e. The zero-order chi connectivity index (χ0) is 9.07. The largest absolute Gasteiger partial charge is 0.469 e. The summed E-state index contributed by atoms with van der Waals surface area (Å²) in [5.41, 5.74) is 0.202. The molecule has 0 rings (SSSR count). The van der Waals surface area contributed by atoms with Crippen molar-refractivity contribution in [3.8, 4) is 0 Å². The number of carbonyl (C=O) groups excluding carboxylic acids is 1. The quantitative estimate of drug-likeness (QED) is 0.576. The van der Waals surface area contributed by atoms with Crippen molar-refractivity contribution in [2.75, 3.05) is 7.11 Å². The second-order valence-corrected chi connectivity index (χ2v) is 4.19. The topological polar surface area (TPSA) is 26.3 Å². The molecule has 0 aromatic carbocycles. The van der Waals surface area contributed by atoms with Crippen LogP contribution in [0.3, 0.4) is 0 Å². The third-order valence-corrected chi connectivity index (χ3v) is 1.52. The molecule has 0 aromatic rings. The van der Waals surface area contributed by atoms with Gasteiger partial charge < -0.3 is 4.74 Å². The Balaban J connectivity index is 3.87. The minimum absolute atomic E-state index is 0.0139. The van der Waals surface area contributed by atoms with Crippen LogP contribution in [0.25, 0.3) is 0 Å². The number of ether oxygens (including phenoxy) is 1. The first kappa shape index (κ1) is 10.5. The zero-order valence-corrected chi connectivity index (χ0v) is 8.10. The minimum atomic E-state index is -0.111. The molecule has 0 heterocycles. The lowest BCUT2D eigenvalue weighted by molar-refractivity contribution is -0.145. The Morgan fingerprint density at radius 1 is 1.45 bits per heavy atom. The summed E-state index contributed by atoms with van der Waals surface area (Å²) in [6.07, 6.45) is 0.875. The summed E-state index contributed by atoms with van der Waals surface area (Å²) in [6, 6.07) is 0. The Morgan fingerprint density at radius 2 is 1.91 bits per heavy atom. The fraction of sp³-hybridized carbons (Fsp3) is 0.889. The molecule has 0 bridgehead atoms. The fourth-order valence-electron chi connectivity index (χ4n) is 1.20. The molecule has 2 nitrogen and oxygen atoms in total.